The van der Waals surface area contributed by atoms with Crippen molar-refractivity contribution < 1.29 is 14.0 Å². The number of nitrogens with zero attached hydrogens (tertiary/aromatic N) is 2. The fourth-order valence-electron chi connectivity index (χ4n) is 4.43. The minimum Gasteiger partial charge on any atom is -0.493 e. The SMILES string of the molecule is CCCCCCN(CCCCCC)C(=O)C[N+](C)(C)CCCCOc1cc(C)ccc1C(C)C. The first kappa shape index (κ1) is 30.5. The third-order valence-electron chi connectivity index (χ3n) is 6.69. The lowest BCUT2D eigenvalue weighted by molar-refractivity contribution is -0.883. The average Bonchev–Trinajstić information content (AvgIpc) is 2.77. The van der Waals surface area contributed by atoms with Gasteiger partial charge in [-0.05, 0) is 55.7 Å². The monoisotopic (exact) mass is 475 g/mol. The highest BCUT2D eigenvalue weighted by atomic mass is 16.5. The number of unbranched alkanes of at least 4 members (excludes halogenated alkanes) is 7. The van der Waals surface area contributed by atoms with E-state index in [1.165, 1.54) is 49.7 Å². The second-order valence-corrected chi connectivity index (χ2v) is 11.1. The van der Waals surface area contributed by atoms with E-state index in [1.807, 2.05) is 0 Å². The Kier molecular flexibility index (Phi) is 15.2. The average molecular weight is 476 g/mol. The van der Waals surface area contributed by atoms with Crippen LogP contribution in [-0.2, 0) is 4.79 Å². The van der Waals surface area contributed by atoms with E-state index in [9.17, 15) is 4.79 Å². The summed E-state index contributed by atoms with van der Waals surface area (Å²) in [6, 6.07) is 6.51. The van der Waals surface area contributed by atoms with E-state index >= 15 is 0 Å². The Morgan fingerprint density at radius 2 is 1.53 bits per heavy atom. The molecule has 0 N–H and O–H groups in total. The van der Waals surface area contributed by atoms with Gasteiger partial charge in [-0.25, -0.2) is 0 Å². The minimum atomic E-state index is 0.329. The van der Waals surface area contributed by atoms with Crippen LogP contribution in [-0.4, -0.2) is 62.2 Å². The number of benzene rings is 1. The third-order valence-corrected chi connectivity index (χ3v) is 6.69. The molecule has 1 aromatic carbocycles. The van der Waals surface area contributed by atoms with Gasteiger partial charge < -0.3 is 14.1 Å². The van der Waals surface area contributed by atoms with E-state index < -0.39 is 0 Å². The van der Waals surface area contributed by atoms with Crippen LogP contribution >= 0.6 is 0 Å². The summed E-state index contributed by atoms with van der Waals surface area (Å²) in [4.78, 5) is 15.3. The molecule has 1 amide bonds. The maximum atomic E-state index is 13.2. The number of amides is 1. The number of likely N-dealkylation sites (N-methyl/N-ethyl adjacent to an activating group) is 1. The summed E-state index contributed by atoms with van der Waals surface area (Å²) in [5, 5.41) is 0. The highest BCUT2D eigenvalue weighted by Gasteiger charge is 2.24. The first-order valence-electron chi connectivity index (χ1n) is 14.0. The van der Waals surface area contributed by atoms with E-state index in [0.29, 0.717) is 18.4 Å². The summed E-state index contributed by atoms with van der Waals surface area (Å²) in [7, 11) is 4.39. The zero-order valence-corrected chi connectivity index (χ0v) is 23.6. The molecule has 0 spiro atoms. The minimum absolute atomic E-state index is 0.329. The number of rotatable bonds is 19. The maximum Gasteiger partial charge on any atom is 0.277 e. The van der Waals surface area contributed by atoms with E-state index in [-0.39, 0.29) is 0 Å². The van der Waals surface area contributed by atoms with Crippen molar-refractivity contribution in [1.29, 1.82) is 0 Å². The highest BCUT2D eigenvalue weighted by Crippen LogP contribution is 2.27. The molecule has 4 heteroatoms. The Hall–Kier alpha value is -1.55. The topological polar surface area (TPSA) is 29.5 Å². The lowest BCUT2D eigenvalue weighted by atomic mass is 10.0. The van der Waals surface area contributed by atoms with Crippen LogP contribution in [0.5, 0.6) is 5.75 Å². The van der Waals surface area contributed by atoms with Crippen LogP contribution in [0.1, 0.15) is 109 Å². The molecule has 4 nitrogen and oxygen atoms in total. The normalized spacial score (nSPS) is 11.8. The van der Waals surface area contributed by atoms with E-state index in [0.717, 1.165) is 62.2 Å². The number of hydrogen-bond acceptors (Lipinski definition) is 2. The molecule has 0 fully saturated rings. The Morgan fingerprint density at radius 3 is 2.09 bits per heavy atom. The summed E-state index contributed by atoms with van der Waals surface area (Å²) in [5.74, 6) is 1.82. The van der Waals surface area contributed by atoms with Crippen LogP contribution < -0.4 is 4.74 Å². The molecule has 0 saturated carbocycles. The van der Waals surface area contributed by atoms with Gasteiger partial charge in [-0.2, -0.15) is 0 Å². The van der Waals surface area contributed by atoms with Gasteiger partial charge in [-0.15, -0.1) is 0 Å². The van der Waals surface area contributed by atoms with Gasteiger partial charge in [0, 0.05) is 13.1 Å². The van der Waals surface area contributed by atoms with Crippen LogP contribution in [0.25, 0.3) is 0 Å². The summed E-state index contributed by atoms with van der Waals surface area (Å²) in [6.45, 7) is 15.2. The van der Waals surface area contributed by atoms with Gasteiger partial charge in [0.2, 0.25) is 0 Å². The van der Waals surface area contributed by atoms with Crippen molar-refractivity contribution in [1.82, 2.24) is 4.90 Å². The van der Waals surface area contributed by atoms with Crippen molar-refractivity contribution in [2.24, 2.45) is 0 Å². The van der Waals surface area contributed by atoms with Gasteiger partial charge in [-0.3, -0.25) is 4.79 Å². The Labute approximate surface area is 211 Å². The smallest absolute Gasteiger partial charge is 0.277 e. The van der Waals surface area contributed by atoms with Crippen molar-refractivity contribution in [3.8, 4) is 5.75 Å². The molecule has 0 aliphatic carbocycles. The Balaban J connectivity index is 2.48. The molecular weight excluding hydrogens is 420 g/mol. The molecular formula is C30H55N2O2+. The van der Waals surface area contributed by atoms with Gasteiger partial charge >= 0.3 is 0 Å². The zero-order chi connectivity index (χ0) is 25.4. The maximum absolute atomic E-state index is 13.2. The number of quaternary nitrogens is 1. The molecule has 0 aliphatic rings. The molecule has 0 saturated heterocycles. The van der Waals surface area contributed by atoms with Crippen molar-refractivity contribution in [3.05, 3.63) is 29.3 Å². The van der Waals surface area contributed by atoms with E-state index in [1.54, 1.807) is 0 Å². The number of hydrogen-bond donors (Lipinski definition) is 0. The largest absolute Gasteiger partial charge is 0.493 e. The Bertz CT molecular complexity index is 672. The first-order valence-corrected chi connectivity index (χ1v) is 14.0. The van der Waals surface area contributed by atoms with Gasteiger partial charge in [0.25, 0.3) is 5.91 Å². The molecule has 0 aliphatic heterocycles. The van der Waals surface area contributed by atoms with Crippen LogP contribution in [0.2, 0.25) is 0 Å². The van der Waals surface area contributed by atoms with E-state index in [4.69, 9.17) is 4.74 Å². The fourth-order valence-corrected chi connectivity index (χ4v) is 4.43. The second-order valence-electron chi connectivity index (χ2n) is 11.1. The molecule has 0 heterocycles. The molecule has 0 radical (unpaired) electrons. The lowest BCUT2D eigenvalue weighted by Gasteiger charge is -2.32. The number of ether oxygens (including phenoxy) is 1. The van der Waals surface area contributed by atoms with Gasteiger partial charge in [0.15, 0.2) is 6.54 Å². The van der Waals surface area contributed by atoms with Crippen molar-refractivity contribution in [2.75, 3.05) is 46.9 Å². The van der Waals surface area contributed by atoms with Gasteiger partial charge in [0.1, 0.15) is 5.75 Å². The molecule has 0 bridgehead atoms. The predicted molar refractivity (Wildman–Crippen MR) is 147 cm³/mol. The predicted octanol–water partition coefficient (Wildman–Crippen LogP) is 7.34. The molecule has 0 aromatic heterocycles. The van der Waals surface area contributed by atoms with Crippen LogP contribution in [0.4, 0.5) is 0 Å². The molecule has 0 unspecified atom stereocenters. The fraction of sp³-hybridized carbons (Fsp3) is 0.767. The summed E-state index contributed by atoms with van der Waals surface area (Å²) < 4.78 is 6.91. The van der Waals surface area contributed by atoms with Crippen molar-refractivity contribution in [2.45, 2.75) is 105 Å². The van der Waals surface area contributed by atoms with Crippen molar-refractivity contribution in [3.63, 3.8) is 0 Å². The summed E-state index contributed by atoms with van der Waals surface area (Å²) >= 11 is 0. The highest BCUT2D eigenvalue weighted by molar-refractivity contribution is 5.77. The summed E-state index contributed by atoms with van der Waals surface area (Å²) in [6.07, 6.45) is 11.8. The molecule has 1 aromatic rings. The lowest BCUT2D eigenvalue weighted by Crippen LogP contribution is -2.49. The van der Waals surface area contributed by atoms with Crippen molar-refractivity contribution >= 4 is 5.91 Å². The van der Waals surface area contributed by atoms with Crippen LogP contribution in [0.15, 0.2) is 18.2 Å². The molecule has 34 heavy (non-hydrogen) atoms. The second kappa shape index (κ2) is 17.0. The Morgan fingerprint density at radius 1 is 0.912 bits per heavy atom. The molecule has 1 rings (SSSR count). The zero-order valence-electron chi connectivity index (χ0n) is 23.6. The third kappa shape index (κ3) is 12.8. The van der Waals surface area contributed by atoms with Gasteiger partial charge in [0.05, 0.1) is 27.2 Å². The van der Waals surface area contributed by atoms with Gasteiger partial charge in [-0.1, -0.05) is 78.4 Å². The quantitative estimate of drug-likeness (QED) is 0.155. The van der Waals surface area contributed by atoms with Crippen LogP contribution in [0.3, 0.4) is 0 Å². The first-order chi connectivity index (χ1) is 16.2. The molecule has 0 atom stereocenters. The number of aryl methyl sites for hydroxylation is 1. The summed E-state index contributed by atoms with van der Waals surface area (Å²) in [5.41, 5.74) is 2.52. The van der Waals surface area contributed by atoms with E-state index in [2.05, 4.69) is 71.8 Å². The van der Waals surface area contributed by atoms with Crippen LogP contribution in [0, 0.1) is 6.92 Å². The number of carbonyl (C=O) groups excluding carboxylic acids is 1. The number of carbonyl (C=O) groups is 1. The molecule has 196 valence electrons. The standard InChI is InChI=1S/C30H55N2O2/c1-8-10-12-14-20-31(21-15-13-11-9-2)30(33)25-32(6,7)22-16-17-23-34-29-24-27(5)18-19-28(29)26(3)4/h18-19,24,26H,8-17,20-23,25H2,1-7H3/q+1.